The third kappa shape index (κ3) is 3.45. The van der Waals surface area contributed by atoms with Crippen LogP contribution in [0.2, 0.25) is 0 Å². The maximum absolute atomic E-state index is 10.9. The molecule has 19 heavy (non-hydrogen) atoms. The van der Waals surface area contributed by atoms with Crippen molar-refractivity contribution in [3.8, 4) is 5.75 Å². The van der Waals surface area contributed by atoms with Crippen molar-refractivity contribution in [1.82, 2.24) is 0 Å². The van der Waals surface area contributed by atoms with Crippen LogP contribution in [0.5, 0.6) is 5.75 Å². The molecule has 0 aromatic heterocycles. The van der Waals surface area contributed by atoms with Crippen LogP contribution in [0.1, 0.15) is 37.9 Å². The van der Waals surface area contributed by atoms with Crippen LogP contribution in [0, 0.1) is 0 Å². The zero-order chi connectivity index (χ0) is 14.8. The summed E-state index contributed by atoms with van der Waals surface area (Å²) < 4.78 is 5.24. The molecule has 0 bridgehead atoms. The van der Waals surface area contributed by atoms with E-state index in [9.17, 15) is 4.79 Å². The average Bonchev–Trinajstić information content (AvgIpc) is 2.34. The van der Waals surface area contributed by atoms with Crippen molar-refractivity contribution >= 4 is 5.97 Å². The van der Waals surface area contributed by atoms with Gasteiger partial charge in [-0.3, -0.25) is 4.79 Å². The number of rotatable bonds is 4. The van der Waals surface area contributed by atoms with Gasteiger partial charge < -0.3 is 21.3 Å². The van der Waals surface area contributed by atoms with Crippen molar-refractivity contribution in [2.24, 2.45) is 11.5 Å². The van der Waals surface area contributed by atoms with Crippen molar-refractivity contribution in [3.63, 3.8) is 0 Å². The molecule has 0 spiro atoms. The van der Waals surface area contributed by atoms with Crippen LogP contribution in [0.15, 0.2) is 18.2 Å². The molecule has 106 valence electrons. The number of methoxy groups -OCH3 is 1. The smallest absolute Gasteiger partial charge is 0.322 e. The van der Waals surface area contributed by atoms with Crippen LogP contribution < -0.4 is 16.2 Å². The quantitative estimate of drug-likeness (QED) is 0.765. The number of hydrogen-bond acceptors (Lipinski definition) is 4. The lowest BCUT2D eigenvalue weighted by Crippen LogP contribution is -2.41. The highest BCUT2D eigenvalue weighted by molar-refractivity contribution is 5.74. The number of carbonyl (C=O) groups is 1. The second-order valence-corrected chi connectivity index (χ2v) is 5.60. The molecule has 0 radical (unpaired) electrons. The van der Waals surface area contributed by atoms with Crippen LogP contribution in [-0.4, -0.2) is 24.2 Å². The summed E-state index contributed by atoms with van der Waals surface area (Å²) in [6.07, 6.45) is 0. The molecular formula is C14H22N2O3. The van der Waals surface area contributed by atoms with E-state index in [1.165, 1.54) is 7.11 Å². The van der Waals surface area contributed by atoms with Gasteiger partial charge in [0, 0.05) is 5.56 Å². The highest BCUT2D eigenvalue weighted by Gasteiger charge is 2.26. The van der Waals surface area contributed by atoms with Crippen LogP contribution in [0.3, 0.4) is 0 Å². The molecular weight excluding hydrogens is 244 g/mol. The Kier molecular flexibility index (Phi) is 4.55. The molecule has 0 amide bonds. The van der Waals surface area contributed by atoms with Gasteiger partial charge in [-0.05, 0) is 23.1 Å². The number of hydrogen-bond donors (Lipinski definition) is 3. The maximum atomic E-state index is 10.9. The maximum Gasteiger partial charge on any atom is 0.322 e. The first-order chi connectivity index (χ1) is 8.68. The number of benzene rings is 1. The van der Waals surface area contributed by atoms with Crippen molar-refractivity contribution in [2.75, 3.05) is 7.11 Å². The SMILES string of the molecule is COc1ccc(C(C)(C)C)cc1C(N)C(N)C(=O)O. The van der Waals surface area contributed by atoms with Gasteiger partial charge in [-0.1, -0.05) is 26.8 Å². The fraction of sp³-hybridized carbons (Fsp3) is 0.500. The minimum atomic E-state index is -1.16. The Labute approximate surface area is 113 Å². The van der Waals surface area contributed by atoms with Gasteiger partial charge in [0.1, 0.15) is 11.8 Å². The van der Waals surface area contributed by atoms with Gasteiger partial charge in [0.15, 0.2) is 0 Å². The molecule has 1 rings (SSSR count). The third-order valence-electron chi connectivity index (χ3n) is 3.13. The number of carboxylic acid groups (broad SMARTS) is 1. The van der Waals surface area contributed by atoms with Gasteiger partial charge in [0.25, 0.3) is 0 Å². The first-order valence-electron chi connectivity index (χ1n) is 6.11. The Hall–Kier alpha value is -1.59. The van der Waals surface area contributed by atoms with Gasteiger partial charge in [-0.15, -0.1) is 0 Å². The van der Waals surface area contributed by atoms with Crippen LogP contribution in [0.25, 0.3) is 0 Å². The highest BCUT2D eigenvalue weighted by Crippen LogP contribution is 2.31. The average molecular weight is 266 g/mol. The van der Waals surface area contributed by atoms with E-state index in [2.05, 4.69) is 20.8 Å². The zero-order valence-electron chi connectivity index (χ0n) is 11.8. The van der Waals surface area contributed by atoms with E-state index in [4.69, 9.17) is 21.3 Å². The summed E-state index contributed by atoms with van der Waals surface area (Å²) in [4.78, 5) is 10.9. The first-order valence-corrected chi connectivity index (χ1v) is 6.11. The second kappa shape index (κ2) is 5.59. The summed E-state index contributed by atoms with van der Waals surface area (Å²) in [6, 6.07) is 3.64. The standard InChI is InChI=1S/C14H22N2O3/c1-14(2,3)8-5-6-10(19-4)9(7-8)11(15)12(16)13(17)18/h5-7,11-12H,15-16H2,1-4H3,(H,17,18). The number of nitrogens with two attached hydrogens (primary N) is 2. The molecule has 2 atom stereocenters. The minimum absolute atomic E-state index is 0.0614. The van der Waals surface area contributed by atoms with Gasteiger partial charge in [-0.2, -0.15) is 0 Å². The molecule has 1 aromatic carbocycles. The van der Waals surface area contributed by atoms with Crippen LogP contribution in [-0.2, 0) is 10.2 Å². The van der Waals surface area contributed by atoms with Gasteiger partial charge in [-0.25, -0.2) is 0 Å². The molecule has 1 aromatic rings. The lowest BCUT2D eigenvalue weighted by Gasteiger charge is -2.24. The molecule has 0 fully saturated rings. The minimum Gasteiger partial charge on any atom is -0.496 e. The molecule has 0 aliphatic heterocycles. The lowest BCUT2D eigenvalue weighted by atomic mass is 9.84. The van der Waals surface area contributed by atoms with Gasteiger partial charge >= 0.3 is 5.97 Å². The predicted molar refractivity (Wildman–Crippen MR) is 74.2 cm³/mol. The van der Waals surface area contributed by atoms with Crippen LogP contribution >= 0.6 is 0 Å². The highest BCUT2D eigenvalue weighted by atomic mass is 16.5. The Morgan fingerprint density at radius 1 is 1.32 bits per heavy atom. The Morgan fingerprint density at radius 2 is 1.89 bits per heavy atom. The van der Waals surface area contributed by atoms with E-state index in [-0.39, 0.29) is 5.41 Å². The van der Waals surface area contributed by atoms with E-state index in [0.29, 0.717) is 11.3 Å². The molecule has 0 heterocycles. The normalized spacial score (nSPS) is 14.8. The Morgan fingerprint density at radius 3 is 2.32 bits per heavy atom. The summed E-state index contributed by atoms with van der Waals surface area (Å²) in [5.74, 6) is -0.576. The van der Waals surface area contributed by atoms with Crippen LogP contribution in [0.4, 0.5) is 0 Å². The summed E-state index contributed by atoms with van der Waals surface area (Å²) in [7, 11) is 1.52. The topological polar surface area (TPSA) is 98.6 Å². The van der Waals surface area contributed by atoms with Crippen molar-refractivity contribution in [3.05, 3.63) is 29.3 Å². The van der Waals surface area contributed by atoms with Crippen molar-refractivity contribution in [1.29, 1.82) is 0 Å². The second-order valence-electron chi connectivity index (χ2n) is 5.60. The Bertz CT molecular complexity index is 466. The summed E-state index contributed by atoms with van der Waals surface area (Å²) in [6.45, 7) is 6.21. The summed E-state index contributed by atoms with van der Waals surface area (Å²) in [5, 5.41) is 8.96. The van der Waals surface area contributed by atoms with Crippen molar-refractivity contribution in [2.45, 2.75) is 38.3 Å². The molecule has 5 nitrogen and oxygen atoms in total. The molecule has 5 heteroatoms. The fourth-order valence-corrected chi connectivity index (χ4v) is 1.81. The number of carboxylic acids is 1. The fourth-order valence-electron chi connectivity index (χ4n) is 1.81. The molecule has 0 saturated heterocycles. The van der Waals surface area contributed by atoms with E-state index in [1.54, 1.807) is 6.07 Å². The summed E-state index contributed by atoms with van der Waals surface area (Å²) >= 11 is 0. The van der Waals surface area contributed by atoms with Gasteiger partial charge in [0.2, 0.25) is 0 Å². The lowest BCUT2D eigenvalue weighted by molar-refractivity contribution is -0.139. The monoisotopic (exact) mass is 266 g/mol. The molecule has 5 N–H and O–H groups in total. The molecule has 0 aliphatic rings. The zero-order valence-corrected chi connectivity index (χ0v) is 11.8. The molecule has 0 saturated carbocycles. The first kappa shape index (κ1) is 15.5. The molecule has 0 aliphatic carbocycles. The molecule has 2 unspecified atom stereocenters. The number of aliphatic carboxylic acids is 1. The largest absolute Gasteiger partial charge is 0.496 e. The number of ether oxygens (including phenoxy) is 1. The van der Waals surface area contributed by atoms with E-state index < -0.39 is 18.1 Å². The van der Waals surface area contributed by atoms with E-state index in [1.807, 2.05) is 12.1 Å². The van der Waals surface area contributed by atoms with E-state index in [0.717, 1.165) is 5.56 Å². The van der Waals surface area contributed by atoms with E-state index >= 15 is 0 Å². The third-order valence-corrected chi connectivity index (χ3v) is 3.13. The van der Waals surface area contributed by atoms with Crippen molar-refractivity contribution < 1.29 is 14.6 Å². The summed E-state index contributed by atoms with van der Waals surface area (Å²) in [5.41, 5.74) is 13.1. The van der Waals surface area contributed by atoms with Gasteiger partial charge in [0.05, 0.1) is 13.2 Å². The Balaban J connectivity index is 3.27. The predicted octanol–water partition coefficient (Wildman–Crippen LogP) is 1.40.